The molecule has 8 N–H and O–H groups in total. The second kappa shape index (κ2) is 15.4. The van der Waals surface area contributed by atoms with Gasteiger partial charge >= 0.3 is 18.3 Å². The molecule has 15 nitrogen and oxygen atoms in total. The third-order valence-electron chi connectivity index (χ3n) is 9.32. The van der Waals surface area contributed by atoms with Crippen LogP contribution in [0.25, 0.3) is 16.5 Å². The Labute approximate surface area is 299 Å². The maximum Gasteiger partial charge on any atom is 0.412 e. The van der Waals surface area contributed by atoms with Crippen molar-refractivity contribution in [2.75, 3.05) is 30.3 Å². The van der Waals surface area contributed by atoms with Gasteiger partial charge in [0, 0.05) is 36.3 Å². The van der Waals surface area contributed by atoms with Crippen LogP contribution < -0.4 is 31.9 Å². The summed E-state index contributed by atoms with van der Waals surface area (Å²) in [7, 11) is 0. The van der Waals surface area contributed by atoms with E-state index in [0.717, 1.165) is 29.7 Å². The third-order valence-corrected chi connectivity index (χ3v) is 9.32. The Kier molecular flexibility index (Phi) is 10.6. The Morgan fingerprint density at radius 1 is 0.981 bits per heavy atom. The first-order valence-corrected chi connectivity index (χ1v) is 16.8. The Balaban J connectivity index is 1.39. The molecule has 0 saturated carbocycles. The number of piperidine rings is 1. The fraction of sp³-hybridized carbons (Fsp3) is 0.297. The van der Waals surface area contributed by atoms with Crippen molar-refractivity contribution >= 4 is 52.0 Å². The number of carboxylic acid groups (broad SMARTS) is 2. The zero-order chi connectivity index (χ0) is 36.8. The SMILES string of the molecule is CC1CC(c2ccc3cc(NC(=O)OCc4ccccc4)c(C(=O)Nc4cnccc4[C@@]4(NC(=O)O)CNC[C@H](C)[C@@H]4NC(=O)O)nc3c2)=CCN1. The monoisotopic (exact) mass is 708 g/mol. The summed E-state index contributed by atoms with van der Waals surface area (Å²) in [6.45, 7) is 5.03. The van der Waals surface area contributed by atoms with Gasteiger partial charge in [-0.15, -0.1) is 0 Å². The first kappa shape index (κ1) is 35.8. The van der Waals surface area contributed by atoms with Crippen LogP contribution in [0.1, 0.15) is 47.4 Å². The van der Waals surface area contributed by atoms with E-state index in [4.69, 9.17) is 9.72 Å². The number of nitrogens with one attached hydrogen (secondary N) is 6. The molecule has 6 rings (SSSR count). The summed E-state index contributed by atoms with van der Waals surface area (Å²) in [6, 6.07) is 17.4. The summed E-state index contributed by atoms with van der Waals surface area (Å²) in [5, 5.41) is 37.4. The molecule has 2 aromatic heterocycles. The summed E-state index contributed by atoms with van der Waals surface area (Å²) in [4.78, 5) is 60.4. The summed E-state index contributed by atoms with van der Waals surface area (Å²) < 4.78 is 5.45. The van der Waals surface area contributed by atoms with Gasteiger partial charge in [-0.05, 0) is 60.7 Å². The lowest BCUT2D eigenvalue weighted by Gasteiger charge is -2.47. The maximum absolute atomic E-state index is 14.3. The highest BCUT2D eigenvalue weighted by atomic mass is 16.5. The van der Waals surface area contributed by atoms with E-state index in [2.05, 4.69) is 49.9 Å². The smallest absolute Gasteiger partial charge is 0.412 e. The highest BCUT2D eigenvalue weighted by Gasteiger charge is 2.49. The Morgan fingerprint density at radius 3 is 2.54 bits per heavy atom. The van der Waals surface area contributed by atoms with E-state index in [1.54, 1.807) is 13.0 Å². The van der Waals surface area contributed by atoms with Gasteiger partial charge in [-0.3, -0.25) is 15.1 Å². The van der Waals surface area contributed by atoms with Gasteiger partial charge in [0.05, 0.1) is 29.1 Å². The van der Waals surface area contributed by atoms with E-state index in [1.165, 1.54) is 18.5 Å². The number of fused-ring (bicyclic) bond motifs is 1. The van der Waals surface area contributed by atoms with Crippen molar-refractivity contribution in [3.05, 3.63) is 102 Å². The van der Waals surface area contributed by atoms with Gasteiger partial charge < -0.3 is 41.5 Å². The zero-order valence-corrected chi connectivity index (χ0v) is 28.6. The van der Waals surface area contributed by atoms with Gasteiger partial charge in [0.1, 0.15) is 12.1 Å². The molecule has 0 bridgehead atoms. The van der Waals surface area contributed by atoms with Crippen LogP contribution in [0, 0.1) is 5.92 Å². The predicted octanol–water partition coefficient (Wildman–Crippen LogP) is 4.73. The number of carbonyl (C=O) groups is 4. The molecule has 0 aliphatic carbocycles. The van der Waals surface area contributed by atoms with E-state index in [9.17, 15) is 29.4 Å². The number of rotatable bonds is 9. The highest BCUT2D eigenvalue weighted by Crippen LogP contribution is 2.37. The number of carbonyl (C=O) groups excluding carboxylic acids is 2. The van der Waals surface area contributed by atoms with Gasteiger partial charge in [0.2, 0.25) is 0 Å². The van der Waals surface area contributed by atoms with Gasteiger partial charge in [0.15, 0.2) is 5.69 Å². The van der Waals surface area contributed by atoms with E-state index in [0.29, 0.717) is 23.5 Å². The number of aromatic nitrogens is 2. The lowest BCUT2D eigenvalue weighted by atomic mass is 9.74. The number of hydrogen-bond donors (Lipinski definition) is 8. The average molecular weight is 709 g/mol. The lowest BCUT2D eigenvalue weighted by Crippen LogP contribution is -2.70. The molecule has 0 radical (unpaired) electrons. The number of benzene rings is 2. The number of hydrogen-bond acceptors (Lipinski definition) is 9. The van der Waals surface area contributed by atoms with Crippen LogP contribution in [0.2, 0.25) is 0 Å². The van der Waals surface area contributed by atoms with Crippen molar-refractivity contribution < 1.29 is 34.1 Å². The van der Waals surface area contributed by atoms with Crippen molar-refractivity contribution in [3.8, 4) is 0 Å². The molecule has 4 atom stereocenters. The topological polar surface area (TPSA) is 216 Å². The fourth-order valence-electron chi connectivity index (χ4n) is 6.93. The van der Waals surface area contributed by atoms with Crippen molar-refractivity contribution in [3.63, 3.8) is 0 Å². The van der Waals surface area contributed by atoms with Gasteiger partial charge in [0.25, 0.3) is 5.91 Å². The summed E-state index contributed by atoms with van der Waals surface area (Å²) in [5.74, 6) is -1.10. The Bertz CT molecular complexity index is 2020. The molecule has 1 fully saturated rings. The second-order valence-corrected chi connectivity index (χ2v) is 13.0. The van der Waals surface area contributed by atoms with Crippen LogP contribution in [-0.4, -0.2) is 76.1 Å². The van der Waals surface area contributed by atoms with Crippen LogP contribution in [0.15, 0.2) is 79.1 Å². The van der Waals surface area contributed by atoms with Crippen LogP contribution >= 0.6 is 0 Å². The molecule has 1 unspecified atom stereocenters. The minimum Gasteiger partial charge on any atom is -0.465 e. The van der Waals surface area contributed by atoms with Gasteiger partial charge in [-0.1, -0.05) is 55.5 Å². The molecule has 15 heteroatoms. The number of pyridine rings is 2. The molecule has 4 amide bonds. The third kappa shape index (κ3) is 7.95. The van der Waals surface area contributed by atoms with E-state index < -0.39 is 35.8 Å². The molecule has 4 heterocycles. The molecule has 0 spiro atoms. The fourth-order valence-corrected chi connectivity index (χ4v) is 6.93. The van der Waals surface area contributed by atoms with E-state index in [1.807, 2.05) is 48.5 Å². The molecule has 52 heavy (non-hydrogen) atoms. The van der Waals surface area contributed by atoms with Crippen molar-refractivity contribution in [2.24, 2.45) is 5.92 Å². The molecule has 270 valence electrons. The maximum atomic E-state index is 14.3. The quantitative estimate of drug-likeness (QED) is 0.119. The lowest BCUT2D eigenvalue weighted by molar-refractivity contribution is 0.102. The second-order valence-electron chi connectivity index (χ2n) is 13.0. The van der Waals surface area contributed by atoms with Crippen molar-refractivity contribution in [2.45, 2.75) is 44.5 Å². The minimum absolute atomic E-state index is 0.00250. The van der Waals surface area contributed by atoms with Crippen LogP contribution in [0.4, 0.5) is 25.8 Å². The molecule has 2 aliphatic heterocycles. The standard InChI is InChI=1S/C37H40N8O7/c1-21-17-39-20-37(45-35(49)50,32(21)44-34(47)48)27-11-12-38-18-30(27)42-33(46)31-29(43-36(51)52-19-23-6-4-3-5-7-23)16-26-9-8-24(15-28(26)41-31)25-10-13-40-22(2)14-25/h3-12,15-16,18,21-22,32,39-40,44-45H,13-14,17,19-20H2,1-2H3,(H,42,46)(H,43,51)(H,47,48)(H,49,50)/t21-,22?,32-,37-/m0/s1. The summed E-state index contributed by atoms with van der Waals surface area (Å²) in [6.07, 6.45) is 2.17. The highest BCUT2D eigenvalue weighted by molar-refractivity contribution is 6.10. The molecular formula is C37H40N8O7. The number of ether oxygens (including phenoxy) is 1. The first-order chi connectivity index (χ1) is 25.0. The number of amides is 4. The van der Waals surface area contributed by atoms with Crippen LogP contribution in [0.3, 0.4) is 0 Å². The Hall–Kier alpha value is -6.06. The molecular weight excluding hydrogens is 668 g/mol. The normalized spacial score (nSPS) is 21.3. The Morgan fingerprint density at radius 2 is 1.79 bits per heavy atom. The molecule has 1 saturated heterocycles. The predicted molar refractivity (Wildman–Crippen MR) is 194 cm³/mol. The van der Waals surface area contributed by atoms with Gasteiger partial charge in [-0.25, -0.2) is 19.4 Å². The van der Waals surface area contributed by atoms with Crippen molar-refractivity contribution in [1.29, 1.82) is 0 Å². The summed E-state index contributed by atoms with van der Waals surface area (Å²) in [5.41, 5.74) is 2.13. The van der Waals surface area contributed by atoms with Gasteiger partial charge in [-0.2, -0.15) is 0 Å². The number of anilines is 2. The largest absolute Gasteiger partial charge is 0.465 e. The zero-order valence-electron chi connectivity index (χ0n) is 28.6. The van der Waals surface area contributed by atoms with Crippen LogP contribution in [0.5, 0.6) is 0 Å². The molecule has 2 aliphatic rings. The summed E-state index contributed by atoms with van der Waals surface area (Å²) >= 11 is 0. The average Bonchev–Trinajstić information content (AvgIpc) is 3.12. The number of nitrogens with zero attached hydrogens (tertiary/aromatic N) is 2. The molecule has 4 aromatic rings. The van der Waals surface area contributed by atoms with E-state index in [-0.39, 0.29) is 41.7 Å². The molecule has 2 aromatic carbocycles. The van der Waals surface area contributed by atoms with E-state index >= 15 is 0 Å². The first-order valence-electron chi connectivity index (χ1n) is 16.8. The van der Waals surface area contributed by atoms with Crippen molar-refractivity contribution in [1.82, 2.24) is 31.2 Å². The van der Waals surface area contributed by atoms with Crippen LogP contribution in [-0.2, 0) is 16.9 Å². The minimum atomic E-state index is -1.55.